The molecule has 2 aliphatic rings. The Kier molecular flexibility index (Phi) is 8.50. The summed E-state index contributed by atoms with van der Waals surface area (Å²) in [6.07, 6.45) is 16.6. The lowest BCUT2D eigenvalue weighted by Gasteiger charge is -2.28. The molecule has 2 aromatic carbocycles. The lowest BCUT2D eigenvalue weighted by atomic mass is 9.77. The number of ether oxygens (including phenoxy) is 1. The Morgan fingerprint density at radius 1 is 0.714 bits per heavy atom. The van der Waals surface area contributed by atoms with E-state index in [1.807, 2.05) is 11.3 Å². The molecular formula is C33H44OS. The Labute approximate surface area is 217 Å². The van der Waals surface area contributed by atoms with E-state index in [0.29, 0.717) is 0 Å². The molecule has 35 heavy (non-hydrogen) atoms. The first kappa shape index (κ1) is 24.9. The van der Waals surface area contributed by atoms with Gasteiger partial charge in [0, 0.05) is 9.58 Å². The Hall–Kier alpha value is -1.80. The van der Waals surface area contributed by atoms with Crippen LogP contribution in [0.1, 0.15) is 102 Å². The molecule has 1 aromatic heterocycles. The van der Waals surface area contributed by atoms with Crippen molar-refractivity contribution in [1.82, 2.24) is 0 Å². The van der Waals surface area contributed by atoms with Crippen molar-refractivity contribution >= 4 is 21.4 Å². The predicted molar refractivity (Wildman–Crippen MR) is 153 cm³/mol. The van der Waals surface area contributed by atoms with Crippen LogP contribution in [0.5, 0.6) is 5.75 Å². The molecule has 0 radical (unpaired) electrons. The topological polar surface area (TPSA) is 9.23 Å². The van der Waals surface area contributed by atoms with Gasteiger partial charge in [0.15, 0.2) is 0 Å². The first-order chi connectivity index (χ1) is 17.2. The molecule has 0 N–H and O–H groups in total. The van der Waals surface area contributed by atoms with Crippen molar-refractivity contribution in [3.05, 3.63) is 54.1 Å². The number of benzene rings is 2. The van der Waals surface area contributed by atoms with Gasteiger partial charge in [-0.1, -0.05) is 76.6 Å². The van der Waals surface area contributed by atoms with Crippen molar-refractivity contribution in [3.63, 3.8) is 0 Å². The molecule has 2 fully saturated rings. The average molecular weight is 489 g/mol. The van der Waals surface area contributed by atoms with E-state index in [9.17, 15) is 0 Å². The molecule has 0 spiro atoms. The maximum atomic E-state index is 6.28. The number of fused-ring (bicyclic) bond motifs is 1. The molecule has 0 aliphatic heterocycles. The number of hydrogen-bond donors (Lipinski definition) is 0. The van der Waals surface area contributed by atoms with Crippen LogP contribution in [-0.2, 0) is 0 Å². The first-order valence-corrected chi connectivity index (χ1v) is 15.3. The average Bonchev–Trinajstić information content (AvgIpc) is 3.33. The Morgan fingerprint density at radius 3 is 2.00 bits per heavy atom. The minimum atomic E-state index is 0.734. The SMILES string of the molecule is CCCC1CCC(COc2ccc3cc(-c4ccc(C5CCC(CCC)CC5)cc4)sc3c2)CC1. The molecule has 2 heteroatoms. The van der Waals surface area contributed by atoms with Crippen molar-refractivity contribution in [2.45, 2.75) is 96.8 Å². The smallest absolute Gasteiger partial charge is 0.120 e. The van der Waals surface area contributed by atoms with Crippen LogP contribution in [0.2, 0.25) is 0 Å². The summed E-state index contributed by atoms with van der Waals surface area (Å²) in [4.78, 5) is 1.37. The number of thiophene rings is 1. The summed E-state index contributed by atoms with van der Waals surface area (Å²) in [5.41, 5.74) is 2.89. The Bertz CT molecular complexity index is 1050. The highest BCUT2D eigenvalue weighted by atomic mass is 32.1. The highest BCUT2D eigenvalue weighted by Gasteiger charge is 2.22. The molecule has 0 atom stereocenters. The summed E-state index contributed by atoms with van der Waals surface area (Å²) in [7, 11) is 0. The van der Waals surface area contributed by atoms with Crippen molar-refractivity contribution < 1.29 is 4.74 Å². The monoisotopic (exact) mass is 488 g/mol. The van der Waals surface area contributed by atoms with Crippen LogP contribution in [0.4, 0.5) is 0 Å². The van der Waals surface area contributed by atoms with E-state index in [4.69, 9.17) is 4.74 Å². The van der Waals surface area contributed by atoms with E-state index >= 15 is 0 Å². The predicted octanol–water partition coefficient (Wildman–Crippen LogP) is 10.6. The Balaban J connectivity index is 1.18. The van der Waals surface area contributed by atoms with Crippen molar-refractivity contribution in [2.75, 3.05) is 6.61 Å². The Morgan fingerprint density at radius 2 is 1.34 bits per heavy atom. The van der Waals surface area contributed by atoms with Gasteiger partial charge in [0.1, 0.15) is 5.75 Å². The lowest BCUT2D eigenvalue weighted by molar-refractivity contribution is 0.179. The van der Waals surface area contributed by atoms with Crippen LogP contribution in [0.3, 0.4) is 0 Å². The summed E-state index contributed by atoms with van der Waals surface area (Å²) in [6, 6.07) is 18.5. The summed E-state index contributed by atoms with van der Waals surface area (Å²) in [6.45, 7) is 5.52. The lowest BCUT2D eigenvalue weighted by Crippen LogP contribution is -2.20. The molecule has 1 heterocycles. The van der Waals surface area contributed by atoms with E-state index in [0.717, 1.165) is 36.0 Å². The molecule has 0 unspecified atom stereocenters. The second-order valence-corrected chi connectivity index (χ2v) is 12.5. The minimum Gasteiger partial charge on any atom is -0.493 e. The molecule has 2 saturated carbocycles. The molecule has 3 aromatic rings. The van der Waals surface area contributed by atoms with Crippen molar-refractivity contribution in [1.29, 1.82) is 0 Å². The van der Waals surface area contributed by atoms with E-state index in [1.54, 1.807) is 5.56 Å². The maximum absolute atomic E-state index is 6.28. The second kappa shape index (κ2) is 12.0. The van der Waals surface area contributed by atoms with Crippen LogP contribution in [0.15, 0.2) is 48.5 Å². The molecule has 2 aliphatic carbocycles. The summed E-state index contributed by atoms with van der Waals surface area (Å²) >= 11 is 1.90. The van der Waals surface area contributed by atoms with Crippen LogP contribution in [-0.4, -0.2) is 6.61 Å². The minimum absolute atomic E-state index is 0.734. The van der Waals surface area contributed by atoms with Gasteiger partial charge in [-0.25, -0.2) is 0 Å². The molecule has 0 amide bonds. The van der Waals surface area contributed by atoms with Gasteiger partial charge in [0.05, 0.1) is 6.61 Å². The fourth-order valence-electron chi connectivity index (χ4n) is 6.66. The highest BCUT2D eigenvalue weighted by Crippen LogP contribution is 2.40. The second-order valence-electron chi connectivity index (χ2n) is 11.4. The van der Waals surface area contributed by atoms with Crippen molar-refractivity contribution in [3.8, 4) is 16.2 Å². The summed E-state index contributed by atoms with van der Waals surface area (Å²) in [5, 5.41) is 1.33. The zero-order valence-corrected chi connectivity index (χ0v) is 22.8. The van der Waals surface area contributed by atoms with Gasteiger partial charge in [0.2, 0.25) is 0 Å². The third-order valence-corrected chi connectivity index (χ3v) is 10.00. The zero-order chi connectivity index (χ0) is 24.0. The molecule has 0 bridgehead atoms. The van der Waals surface area contributed by atoms with Gasteiger partial charge in [-0.15, -0.1) is 11.3 Å². The van der Waals surface area contributed by atoms with Gasteiger partial charge in [-0.05, 0) is 103 Å². The largest absolute Gasteiger partial charge is 0.493 e. The third-order valence-electron chi connectivity index (χ3n) is 8.85. The number of rotatable bonds is 9. The van der Waals surface area contributed by atoms with Gasteiger partial charge < -0.3 is 4.74 Å². The standard InChI is InChI=1S/C33H44OS/c1-3-5-24-7-9-26(10-8-24)23-34-31-20-19-30-21-32(35-33(30)22-31)29-17-15-28(16-18-29)27-13-11-25(6-4-2)12-14-27/h15-22,24-27H,3-14,23H2,1-2H3. The van der Waals surface area contributed by atoms with Crippen LogP contribution >= 0.6 is 11.3 Å². The highest BCUT2D eigenvalue weighted by molar-refractivity contribution is 7.22. The summed E-state index contributed by atoms with van der Waals surface area (Å²) in [5.74, 6) is 4.48. The van der Waals surface area contributed by atoms with E-state index in [-0.39, 0.29) is 0 Å². The molecule has 0 saturated heterocycles. The van der Waals surface area contributed by atoms with E-state index in [1.165, 1.54) is 97.6 Å². The third kappa shape index (κ3) is 6.31. The van der Waals surface area contributed by atoms with Gasteiger partial charge in [-0.2, -0.15) is 0 Å². The van der Waals surface area contributed by atoms with Crippen LogP contribution in [0, 0.1) is 17.8 Å². The van der Waals surface area contributed by atoms with Gasteiger partial charge in [-0.3, -0.25) is 0 Å². The molecule has 1 nitrogen and oxygen atoms in total. The number of hydrogen-bond acceptors (Lipinski definition) is 2. The molecular weight excluding hydrogens is 444 g/mol. The maximum Gasteiger partial charge on any atom is 0.120 e. The zero-order valence-electron chi connectivity index (χ0n) is 21.9. The van der Waals surface area contributed by atoms with Gasteiger partial charge >= 0.3 is 0 Å². The van der Waals surface area contributed by atoms with Crippen molar-refractivity contribution in [2.24, 2.45) is 17.8 Å². The van der Waals surface area contributed by atoms with Crippen LogP contribution < -0.4 is 4.74 Å². The normalized spacial score (nSPS) is 25.1. The first-order valence-electron chi connectivity index (χ1n) is 14.5. The fourth-order valence-corrected chi connectivity index (χ4v) is 7.76. The molecule has 5 rings (SSSR count). The van der Waals surface area contributed by atoms with E-state index in [2.05, 4.69) is 62.4 Å². The summed E-state index contributed by atoms with van der Waals surface area (Å²) < 4.78 is 7.61. The fraction of sp³-hybridized carbons (Fsp3) is 0.576. The molecule has 188 valence electrons. The van der Waals surface area contributed by atoms with Crippen LogP contribution in [0.25, 0.3) is 20.5 Å². The van der Waals surface area contributed by atoms with E-state index < -0.39 is 0 Å². The van der Waals surface area contributed by atoms with Gasteiger partial charge in [0.25, 0.3) is 0 Å². The quantitative estimate of drug-likeness (QED) is 0.291.